The fraction of sp³-hybridized carbons (Fsp3) is 0.440. The van der Waals surface area contributed by atoms with Crippen LogP contribution in [0.15, 0.2) is 60.7 Å². The monoisotopic (exact) mass is 422 g/mol. The van der Waals surface area contributed by atoms with Crippen molar-refractivity contribution in [3.63, 3.8) is 0 Å². The number of morpholine rings is 1. The molecule has 2 aliphatic heterocycles. The first-order valence-corrected chi connectivity index (χ1v) is 11.1. The SMILES string of the molecule is O=C([C@@H]1C[C@H](Oc2ccccc2)CN1C(=O)CCCc1ccccc1)N1CCOCC1. The molecule has 2 heterocycles. The van der Waals surface area contributed by atoms with E-state index in [1.54, 1.807) is 4.90 Å². The third-order valence-electron chi connectivity index (χ3n) is 5.94. The van der Waals surface area contributed by atoms with Crippen LogP contribution in [0.4, 0.5) is 0 Å². The van der Waals surface area contributed by atoms with E-state index in [0.717, 1.165) is 18.6 Å². The van der Waals surface area contributed by atoms with Crippen molar-refractivity contribution in [1.29, 1.82) is 0 Å². The van der Waals surface area contributed by atoms with Crippen molar-refractivity contribution in [2.45, 2.75) is 37.8 Å². The van der Waals surface area contributed by atoms with Crippen molar-refractivity contribution in [1.82, 2.24) is 9.80 Å². The minimum Gasteiger partial charge on any atom is -0.488 e. The number of likely N-dealkylation sites (tertiary alicyclic amines) is 1. The van der Waals surface area contributed by atoms with E-state index in [0.29, 0.717) is 45.7 Å². The molecule has 4 rings (SSSR count). The van der Waals surface area contributed by atoms with Gasteiger partial charge in [-0.05, 0) is 30.5 Å². The topological polar surface area (TPSA) is 59.1 Å². The molecular weight excluding hydrogens is 392 g/mol. The van der Waals surface area contributed by atoms with Crippen LogP contribution in [0.5, 0.6) is 5.75 Å². The molecule has 0 spiro atoms. The zero-order valence-corrected chi connectivity index (χ0v) is 17.8. The fourth-order valence-electron chi connectivity index (χ4n) is 4.31. The number of nitrogens with zero attached hydrogens (tertiary/aromatic N) is 2. The predicted octanol–water partition coefficient (Wildman–Crippen LogP) is 2.92. The van der Waals surface area contributed by atoms with E-state index in [1.165, 1.54) is 5.56 Å². The van der Waals surface area contributed by atoms with Gasteiger partial charge in [0.15, 0.2) is 0 Å². The molecule has 164 valence electrons. The Bertz CT molecular complexity index is 852. The zero-order valence-electron chi connectivity index (χ0n) is 17.8. The van der Waals surface area contributed by atoms with E-state index in [-0.39, 0.29) is 17.9 Å². The van der Waals surface area contributed by atoms with Crippen LogP contribution in [0.3, 0.4) is 0 Å². The summed E-state index contributed by atoms with van der Waals surface area (Å²) in [6.07, 6.45) is 2.39. The Morgan fingerprint density at radius 3 is 2.35 bits per heavy atom. The van der Waals surface area contributed by atoms with Gasteiger partial charge in [0.05, 0.1) is 19.8 Å². The molecule has 2 atom stereocenters. The Morgan fingerprint density at radius 2 is 1.65 bits per heavy atom. The molecule has 31 heavy (non-hydrogen) atoms. The number of para-hydroxylation sites is 1. The molecule has 6 nitrogen and oxygen atoms in total. The molecule has 2 aromatic rings. The summed E-state index contributed by atoms with van der Waals surface area (Å²) in [5.74, 6) is 0.809. The molecule has 2 amide bonds. The van der Waals surface area contributed by atoms with Gasteiger partial charge in [0.1, 0.15) is 17.9 Å². The Labute approximate surface area is 183 Å². The molecule has 0 bridgehead atoms. The molecule has 0 radical (unpaired) electrons. The predicted molar refractivity (Wildman–Crippen MR) is 118 cm³/mol. The summed E-state index contributed by atoms with van der Waals surface area (Å²) >= 11 is 0. The minimum absolute atomic E-state index is 0.0128. The van der Waals surface area contributed by atoms with E-state index in [2.05, 4.69) is 12.1 Å². The highest BCUT2D eigenvalue weighted by molar-refractivity contribution is 5.88. The van der Waals surface area contributed by atoms with Crippen LogP contribution in [0.1, 0.15) is 24.8 Å². The minimum atomic E-state index is -0.462. The number of hydrogen-bond donors (Lipinski definition) is 0. The Balaban J connectivity index is 1.40. The van der Waals surface area contributed by atoms with Crippen LogP contribution in [0.25, 0.3) is 0 Å². The lowest BCUT2D eigenvalue weighted by Gasteiger charge is -2.32. The van der Waals surface area contributed by atoms with Crippen LogP contribution in [-0.2, 0) is 20.7 Å². The molecule has 2 aliphatic rings. The summed E-state index contributed by atoms with van der Waals surface area (Å²) in [6, 6.07) is 19.3. The molecule has 2 aromatic carbocycles. The van der Waals surface area contributed by atoms with E-state index in [9.17, 15) is 9.59 Å². The second kappa shape index (κ2) is 10.4. The van der Waals surface area contributed by atoms with Crippen molar-refractivity contribution < 1.29 is 19.1 Å². The van der Waals surface area contributed by atoms with E-state index in [1.807, 2.05) is 53.4 Å². The highest BCUT2D eigenvalue weighted by Gasteiger charge is 2.42. The Kier molecular flexibility index (Phi) is 7.20. The maximum Gasteiger partial charge on any atom is 0.245 e. The second-order valence-corrected chi connectivity index (χ2v) is 8.13. The number of rotatable bonds is 7. The average molecular weight is 423 g/mol. The number of hydrogen-bond acceptors (Lipinski definition) is 4. The summed E-state index contributed by atoms with van der Waals surface area (Å²) in [5, 5.41) is 0. The lowest BCUT2D eigenvalue weighted by molar-refractivity contribution is -0.146. The van der Waals surface area contributed by atoms with E-state index >= 15 is 0 Å². The van der Waals surface area contributed by atoms with E-state index < -0.39 is 6.04 Å². The summed E-state index contributed by atoms with van der Waals surface area (Å²) in [6.45, 7) is 2.70. The number of amides is 2. The first kappa shape index (κ1) is 21.4. The normalized spacial score (nSPS) is 21.2. The third kappa shape index (κ3) is 5.64. The zero-order chi connectivity index (χ0) is 21.5. The van der Waals surface area contributed by atoms with Crippen LogP contribution in [-0.4, -0.2) is 66.6 Å². The van der Waals surface area contributed by atoms with E-state index in [4.69, 9.17) is 9.47 Å². The van der Waals surface area contributed by atoms with Gasteiger partial charge in [-0.15, -0.1) is 0 Å². The number of ether oxygens (including phenoxy) is 2. The number of carbonyl (C=O) groups excluding carboxylic acids is 2. The van der Waals surface area contributed by atoms with Crippen molar-refractivity contribution in [3.8, 4) is 5.75 Å². The second-order valence-electron chi connectivity index (χ2n) is 8.13. The highest BCUT2D eigenvalue weighted by Crippen LogP contribution is 2.26. The number of aryl methyl sites for hydroxylation is 1. The molecule has 0 N–H and O–H groups in total. The molecule has 2 fully saturated rings. The van der Waals surface area contributed by atoms with Gasteiger partial charge in [-0.1, -0.05) is 48.5 Å². The number of carbonyl (C=O) groups is 2. The van der Waals surface area contributed by atoms with Gasteiger partial charge in [0.2, 0.25) is 11.8 Å². The van der Waals surface area contributed by atoms with Gasteiger partial charge >= 0.3 is 0 Å². The standard InChI is InChI=1S/C25H30N2O4/c28-24(13-7-10-20-8-3-1-4-9-20)27-19-22(31-21-11-5-2-6-12-21)18-23(27)25(29)26-14-16-30-17-15-26/h1-6,8-9,11-12,22-23H,7,10,13-19H2/t22-,23-/m0/s1. The fourth-order valence-corrected chi connectivity index (χ4v) is 4.31. The largest absolute Gasteiger partial charge is 0.488 e. The lowest BCUT2D eigenvalue weighted by Crippen LogP contribution is -2.51. The Hall–Kier alpha value is -2.86. The lowest BCUT2D eigenvalue weighted by atomic mass is 10.1. The molecule has 6 heteroatoms. The maximum atomic E-state index is 13.2. The molecule has 0 aromatic heterocycles. The summed E-state index contributed by atoms with van der Waals surface area (Å²) < 4.78 is 11.5. The van der Waals surface area contributed by atoms with Crippen LogP contribution >= 0.6 is 0 Å². The first-order chi connectivity index (χ1) is 15.2. The van der Waals surface area contributed by atoms with Crippen molar-refractivity contribution in [2.24, 2.45) is 0 Å². The smallest absolute Gasteiger partial charge is 0.245 e. The van der Waals surface area contributed by atoms with Crippen molar-refractivity contribution in [2.75, 3.05) is 32.8 Å². The quantitative estimate of drug-likeness (QED) is 0.689. The van der Waals surface area contributed by atoms with Gasteiger partial charge < -0.3 is 19.3 Å². The molecule has 0 aliphatic carbocycles. The van der Waals surface area contributed by atoms with Gasteiger partial charge in [-0.2, -0.15) is 0 Å². The average Bonchev–Trinajstić information content (AvgIpc) is 3.24. The Morgan fingerprint density at radius 1 is 0.968 bits per heavy atom. The molecule has 0 unspecified atom stereocenters. The first-order valence-electron chi connectivity index (χ1n) is 11.1. The van der Waals surface area contributed by atoms with Gasteiger partial charge in [0, 0.05) is 25.9 Å². The number of benzene rings is 2. The summed E-state index contributed by atoms with van der Waals surface area (Å²) in [4.78, 5) is 29.9. The maximum absolute atomic E-state index is 13.2. The molecular formula is C25H30N2O4. The third-order valence-corrected chi connectivity index (χ3v) is 5.94. The van der Waals surface area contributed by atoms with Gasteiger partial charge in [0.25, 0.3) is 0 Å². The van der Waals surface area contributed by atoms with Crippen molar-refractivity contribution in [3.05, 3.63) is 66.2 Å². The van der Waals surface area contributed by atoms with Gasteiger partial charge in [-0.3, -0.25) is 9.59 Å². The van der Waals surface area contributed by atoms with Crippen LogP contribution < -0.4 is 4.74 Å². The summed E-state index contributed by atoms with van der Waals surface area (Å²) in [5.41, 5.74) is 1.22. The molecule has 0 saturated carbocycles. The van der Waals surface area contributed by atoms with Gasteiger partial charge in [-0.25, -0.2) is 0 Å². The van der Waals surface area contributed by atoms with Crippen LogP contribution in [0.2, 0.25) is 0 Å². The highest BCUT2D eigenvalue weighted by atomic mass is 16.5. The molecule has 2 saturated heterocycles. The summed E-state index contributed by atoms with van der Waals surface area (Å²) in [7, 11) is 0. The van der Waals surface area contributed by atoms with Crippen LogP contribution in [0, 0.1) is 0 Å². The van der Waals surface area contributed by atoms with Crippen molar-refractivity contribution >= 4 is 11.8 Å².